The number of hydrogen-bond acceptors (Lipinski definition) is 3. The zero-order chi connectivity index (χ0) is 13.7. The quantitative estimate of drug-likeness (QED) is 0.848. The molecule has 0 aromatic heterocycles. The Bertz CT molecular complexity index is 417. The fraction of sp³-hybridized carbons (Fsp3) is 0.533. The Hall–Kier alpha value is -1.39. The van der Waals surface area contributed by atoms with E-state index in [9.17, 15) is 9.90 Å². The lowest BCUT2D eigenvalue weighted by molar-refractivity contribution is -0.147. The van der Waals surface area contributed by atoms with E-state index in [2.05, 4.69) is 22.3 Å². The largest absolute Gasteiger partial charge is 0.480 e. The van der Waals surface area contributed by atoms with Crippen LogP contribution in [0.5, 0.6) is 0 Å². The molecule has 1 aromatic rings. The van der Waals surface area contributed by atoms with Crippen molar-refractivity contribution in [1.29, 1.82) is 0 Å². The third kappa shape index (κ3) is 3.33. The minimum absolute atomic E-state index is 0.574. The lowest BCUT2D eigenvalue weighted by Gasteiger charge is -2.40. The Morgan fingerprint density at radius 3 is 2.79 bits per heavy atom. The van der Waals surface area contributed by atoms with Crippen molar-refractivity contribution in [3.05, 3.63) is 35.9 Å². The maximum absolute atomic E-state index is 11.6. The van der Waals surface area contributed by atoms with E-state index in [1.165, 1.54) is 5.56 Å². The Morgan fingerprint density at radius 2 is 2.16 bits per heavy atom. The van der Waals surface area contributed by atoms with Gasteiger partial charge in [0.25, 0.3) is 0 Å². The molecule has 1 aromatic carbocycles. The molecule has 0 spiro atoms. The second-order valence-electron chi connectivity index (χ2n) is 5.22. The van der Waals surface area contributed by atoms with Gasteiger partial charge in [-0.05, 0) is 31.5 Å². The maximum Gasteiger partial charge on any atom is 0.325 e. The number of rotatable bonds is 5. The molecule has 2 rings (SSSR count). The van der Waals surface area contributed by atoms with E-state index in [-0.39, 0.29) is 0 Å². The summed E-state index contributed by atoms with van der Waals surface area (Å²) in [7, 11) is 0. The number of carboxylic acids is 1. The van der Waals surface area contributed by atoms with Gasteiger partial charge < -0.3 is 10.4 Å². The van der Waals surface area contributed by atoms with Crippen LogP contribution in [0.3, 0.4) is 0 Å². The lowest BCUT2D eigenvalue weighted by Crippen LogP contribution is -2.61. The van der Waals surface area contributed by atoms with Crippen LogP contribution in [0.4, 0.5) is 0 Å². The first kappa shape index (κ1) is 14.0. The topological polar surface area (TPSA) is 52.6 Å². The van der Waals surface area contributed by atoms with Crippen molar-refractivity contribution in [2.24, 2.45) is 0 Å². The summed E-state index contributed by atoms with van der Waals surface area (Å²) in [6.07, 6.45) is 1.63. The summed E-state index contributed by atoms with van der Waals surface area (Å²) < 4.78 is 0. The zero-order valence-corrected chi connectivity index (χ0v) is 11.4. The van der Waals surface area contributed by atoms with Gasteiger partial charge in [0, 0.05) is 13.1 Å². The standard InChI is InChI=1S/C15H22N2O2/c1-2-16-15(14(18)19)9-6-10-17(12-15)11-13-7-4-3-5-8-13/h3-5,7-8,16H,2,6,9-12H2,1H3,(H,18,19). The average Bonchev–Trinajstić information content (AvgIpc) is 2.40. The van der Waals surface area contributed by atoms with E-state index in [4.69, 9.17) is 0 Å². The fourth-order valence-corrected chi connectivity index (χ4v) is 2.85. The normalized spacial score (nSPS) is 24.3. The van der Waals surface area contributed by atoms with Gasteiger partial charge in [-0.2, -0.15) is 0 Å². The fourth-order valence-electron chi connectivity index (χ4n) is 2.85. The molecule has 0 aliphatic carbocycles. The number of likely N-dealkylation sites (N-methyl/N-ethyl adjacent to an activating group) is 1. The lowest BCUT2D eigenvalue weighted by atomic mass is 9.88. The van der Waals surface area contributed by atoms with E-state index in [0.717, 1.165) is 19.5 Å². The van der Waals surface area contributed by atoms with Gasteiger partial charge in [-0.1, -0.05) is 37.3 Å². The molecule has 4 heteroatoms. The number of nitrogens with one attached hydrogen (secondary N) is 1. The van der Waals surface area contributed by atoms with Crippen LogP contribution in [-0.4, -0.2) is 41.1 Å². The molecule has 1 aliphatic heterocycles. The summed E-state index contributed by atoms with van der Waals surface area (Å²) in [5.74, 6) is -0.730. The predicted molar refractivity (Wildman–Crippen MR) is 75.0 cm³/mol. The van der Waals surface area contributed by atoms with Crippen LogP contribution in [0.25, 0.3) is 0 Å². The second kappa shape index (κ2) is 6.17. The number of likely N-dealkylation sites (tertiary alicyclic amines) is 1. The van der Waals surface area contributed by atoms with Crippen LogP contribution in [-0.2, 0) is 11.3 Å². The average molecular weight is 262 g/mol. The second-order valence-corrected chi connectivity index (χ2v) is 5.22. The number of aliphatic carboxylic acids is 1. The van der Waals surface area contributed by atoms with E-state index in [1.807, 2.05) is 25.1 Å². The molecule has 0 bridgehead atoms. The molecule has 19 heavy (non-hydrogen) atoms. The maximum atomic E-state index is 11.6. The van der Waals surface area contributed by atoms with Crippen molar-refractivity contribution in [3.8, 4) is 0 Å². The highest BCUT2D eigenvalue weighted by molar-refractivity contribution is 5.79. The van der Waals surface area contributed by atoms with Gasteiger partial charge in [0.2, 0.25) is 0 Å². The molecule has 1 fully saturated rings. The molecule has 2 N–H and O–H groups in total. The predicted octanol–water partition coefficient (Wildman–Crippen LogP) is 1.72. The van der Waals surface area contributed by atoms with Crippen LogP contribution >= 0.6 is 0 Å². The number of piperidine rings is 1. The number of benzene rings is 1. The molecule has 0 radical (unpaired) electrons. The third-order valence-corrected chi connectivity index (χ3v) is 3.74. The monoisotopic (exact) mass is 262 g/mol. The summed E-state index contributed by atoms with van der Waals surface area (Å²) in [5, 5.41) is 12.7. The van der Waals surface area contributed by atoms with Gasteiger partial charge >= 0.3 is 5.97 Å². The van der Waals surface area contributed by atoms with Gasteiger partial charge in [-0.15, -0.1) is 0 Å². The summed E-state index contributed by atoms with van der Waals surface area (Å²) in [5.41, 5.74) is 0.460. The Labute approximate surface area is 114 Å². The smallest absolute Gasteiger partial charge is 0.325 e. The van der Waals surface area contributed by atoms with Crippen LogP contribution in [0.15, 0.2) is 30.3 Å². The van der Waals surface area contributed by atoms with E-state index in [1.54, 1.807) is 0 Å². The van der Waals surface area contributed by atoms with E-state index in [0.29, 0.717) is 19.5 Å². The molecule has 1 atom stereocenters. The summed E-state index contributed by atoms with van der Waals surface area (Å²) >= 11 is 0. The highest BCUT2D eigenvalue weighted by Crippen LogP contribution is 2.23. The van der Waals surface area contributed by atoms with Gasteiger partial charge in [0.05, 0.1) is 0 Å². The van der Waals surface area contributed by atoms with Gasteiger partial charge in [0.1, 0.15) is 5.54 Å². The first-order valence-electron chi connectivity index (χ1n) is 6.91. The first-order valence-corrected chi connectivity index (χ1v) is 6.91. The highest BCUT2D eigenvalue weighted by atomic mass is 16.4. The van der Waals surface area contributed by atoms with Gasteiger partial charge in [-0.25, -0.2) is 0 Å². The van der Waals surface area contributed by atoms with Crippen molar-refractivity contribution >= 4 is 5.97 Å². The van der Waals surface area contributed by atoms with Crippen LogP contribution in [0.1, 0.15) is 25.3 Å². The summed E-state index contributed by atoms with van der Waals surface area (Å²) in [6.45, 7) is 5.01. The van der Waals surface area contributed by atoms with Gasteiger partial charge in [0.15, 0.2) is 0 Å². The van der Waals surface area contributed by atoms with Crippen molar-refractivity contribution in [2.45, 2.75) is 31.8 Å². The zero-order valence-electron chi connectivity index (χ0n) is 11.4. The highest BCUT2D eigenvalue weighted by Gasteiger charge is 2.41. The number of hydrogen-bond donors (Lipinski definition) is 2. The molecule has 1 saturated heterocycles. The Kier molecular flexibility index (Phi) is 4.56. The molecule has 0 amide bonds. The van der Waals surface area contributed by atoms with E-state index >= 15 is 0 Å². The van der Waals surface area contributed by atoms with Crippen molar-refractivity contribution in [1.82, 2.24) is 10.2 Å². The first-order chi connectivity index (χ1) is 9.16. The molecule has 1 heterocycles. The third-order valence-electron chi connectivity index (χ3n) is 3.74. The molecular formula is C15H22N2O2. The molecule has 1 unspecified atom stereocenters. The minimum atomic E-state index is -0.776. The van der Waals surface area contributed by atoms with Crippen molar-refractivity contribution in [3.63, 3.8) is 0 Å². The number of carboxylic acid groups (broad SMARTS) is 1. The SMILES string of the molecule is CCNC1(C(=O)O)CCCN(Cc2ccccc2)C1. The number of nitrogens with zero attached hydrogens (tertiary/aromatic N) is 1. The molecular weight excluding hydrogens is 240 g/mol. The van der Waals surface area contributed by atoms with Crippen molar-refractivity contribution in [2.75, 3.05) is 19.6 Å². The minimum Gasteiger partial charge on any atom is -0.480 e. The Morgan fingerprint density at radius 1 is 1.42 bits per heavy atom. The van der Waals surface area contributed by atoms with E-state index < -0.39 is 11.5 Å². The molecule has 104 valence electrons. The van der Waals surface area contributed by atoms with Crippen LogP contribution in [0.2, 0.25) is 0 Å². The van der Waals surface area contributed by atoms with Crippen LogP contribution in [0, 0.1) is 0 Å². The number of carbonyl (C=O) groups is 1. The molecule has 0 saturated carbocycles. The van der Waals surface area contributed by atoms with Gasteiger partial charge in [-0.3, -0.25) is 9.69 Å². The Balaban J connectivity index is 2.05. The molecule has 4 nitrogen and oxygen atoms in total. The molecule has 1 aliphatic rings. The summed E-state index contributed by atoms with van der Waals surface area (Å²) in [4.78, 5) is 13.8. The van der Waals surface area contributed by atoms with Crippen molar-refractivity contribution < 1.29 is 9.90 Å². The summed E-state index contributed by atoms with van der Waals surface area (Å²) in [6, 6.07) is 10.2. The van der Waals surface area contributed by atoms with Crippen LogP contribution < -0.4 is 5.32 Å².